The highest BCUT2D eigenvalue weighted by Crippen LogP contribution is 2.34. The molecule has 4 rings (SSSR count). The van der Waals surface area contributed by atoms with E-state index in [1.54, 1.807) is 7.11 Å². The number of anilines is 1. The van der Waals surface area contributed by atoms with Crippen molar-refractivity contribution in [3.05, 3.63) is 94.7 Å². The van der Waals surface area contributed by atoms with Gasteiger partial charge in [0.05, 0.1) is 25.8 Å². The van der Waals surface area contributed by atoms with E-state index < -0.39 is 0 Å². The highest BCUT2D eigenvalue weighted by molar-refractivity contribution is 6.36. The Morgan fingerprint density at radius 1 is 0.912 bits per heavy atom. The lowest BCUT2D eigenvalue weighted by molar-refractivity contribution is -0.137. The molecule has 34 heavy (non-hydrogen) atoms. The Hall–Kier alpha value is -4.06. The van der Waals surface area contributed by atoms with E-state index >= 15 is 0 Å². The Kier molecular flexibility index (Phi) is 6.68. The fourth-order valence-electron chi connectivity index (χ4n) is 4.16. The number of nitrogens with zero attached hydrogens (tertiary/aromatic N) is 1. The molecule has 3 aromatic carbocycles. The number of amides is 2. The predicted octanol–water partition coefficient (Wildman–Crippen LogP) is 5.10. The zero-order valence-electron chi connectivity index (χ0n) is 19.8. The van der Waals surface area contributed by atoms with Gasteiger partial charge in [-0.25, -0.2) is 0 Å². The third-order valence-corrected chi connectivity index (χ3v) is 5.75. The van der Waals surface area contributed by atoms with E-state index in [4.69, 9.17) is 9.47 Å². The molecular formula is C28H28N2O4. The standard InChI is InChI=1S/C28H28N2O4/c1-5-34-22-11-8-10-21(16-22)29-26-25(23-14-13-18(2)15-19(23)3)27(31)30(28(26)32)17-20-9-6-7-12-24(20)33-4/h6-16,29H,5,17H2,1-4H3. The normalized spacial score (nSPS) is 13.5. The molecular weight excluding hydrogens is 428 g/mol. The highest BCUT2D eigenvalue weighted by atomic mass is 16.5. The first-order valence-electron chi connectivity index (χ1n) is 11.2. The molecule has 0 unspecified atom stereocenters. The van der Waals surface area contributed by atoms with Crippen LogP contribution in [0.15, 0.2) is 72.4 Å². The molecule has 0 spiro atoms. The first-order valence-corrected chi connectivity index (χ1v) is 11.2. The number of aryl methyl sites for hydroxylation is 2. The third-order valence-electron chi connectivity index (χ3n) is 5.75. The van der Waals surface area contributed by atoms with Crippen molar-refractivity contribution < 1.29 is 19.1 Å². The summed E-state index contributed by atoms with van der Waals surface area (Å²) in [5.74, 6) is 0.588. The van der Waals surface area contributed by atoms with Gasteiger partial charge in [0, 0.05) is 17.3 Å². The SMILES string of the molecule is CCOc1cccc(NC2=C(c3ccc(C)cc3C)C(=O)N(Cc3ccccc3OC)C2=O)c1. The van der Waals surface area contributed by atoms with Crippen molar-refractivity contribution in [2.24, 2.45) is 0 Å². The maximum atomic E-state index is 13.7. The number of para-hydroxylation sites is 1. The van der Waals surface area contributed by atoms with Crippen LogP contribution in [0.2, 0.25) is 0 Å². The fraction of sp³-hybridized carbons (Fsp3) is 0.214. The Balaban J connectivity index is 1.77. The zero-order chi connectivity index (χ0) is 24.2. The highest BCUT2D eigenvalue weighted by Gasteiger charge is 2.40. The van der Waals surface area contributed by atoms with Crippen molar-refractivity contribution in [2.75, 3.05) is 19.0 Å². The molecule has 0 aliphatic carbocycles. The molecule has 1 heterocycles. The molecule has 0 fully saturated rings. The lowest BCUT2D eigenvalue weighted by atomic mass is 9.97. The number of benzene rings is 3. The minimum Gasteiger partial charge on any atom is -0.496 e. The molecule has 2 amide bonds. The topological polar surface area (TPSA) is 67.9 Å². The van der Waals surface area contributed by atoms with E-state index in [9.17, 15) is 9.59 Å². The molecule has 0 saturated heterocycles. The van der Waals surface area contributed by atoms with E-state index in [1.807, 2.05) is 87.5 Å². The van der Waals surface area contributed by atoms with Crippen LogP contribution < -0.4 is 14.8 Å². The molecule has 1 N–H and O–H groups in total. The predicted molar refractivity (Wildman–Crippen MR) is 133 cm³/mol. The van der Waals surface area contributed by atoms with Crippen molar-refractivity contribution in [1.82, 2.24) is 4.90 Å². The van der Waals surface area contributed by atoms with Gasteiger partial charge < -0.3 is 14.8 Å². The lowest BCUT2D eigenvalue weighted by Crippen LogP contribution is -2.32. The summed E-state index contributed by atoms with van der Waals surface area (Å²) in [4.78, 5) is 28.5. The largest absolute Gasteiger partial charge is 0.496 e. The summed E-state index contributed by atoms with van der Waals surface area (Å²) < 4.78 is 11.0. The minimum atomic E-state index is -0.382. The van der Waals surface area contributed by atoms with Gasteiger partial charge in [0.1, 0.15) is 17.2 Å². The van der Waals surface area contributed by atoms with Crippen LogP contribution >= 0.6 is 0 Å². The fourth-order valence-corrected chi connectivity index (χ4v) is 4.16. The number of ether oxygens (including phenoxy) is 2. The number of rotatable bonds is 8. The van der Waals surface area contributed by atoms with Crippen LogP contribution in [-0.2, 0) is 16.1 Å². The van der Waals surface area contributed by atoms with E-state index in [0.29, 0.717) is 29.4 Å². The van der Waals surface area contributed by atoms with Crippen LogP contribution in [0.3, 0.4) is 0 Å². The molecule has 6 heteroatoms. The van der Waals surface area contributed by atoms with E-state index in [2.05, 4.69) is 5.32 Å². The number of carbonyl (C=O) groups is 2. The van der Waals surface area contributed by atoms with Crippen LogP contribution in [0.25, 0.3) is 5.57 Å². The maximum absolute atomic E-state index is 13.7. The molecule has 6 nitrogen and oxygen atoms in total. The summed E-state index contributed by atoms with van der Waals surface area (Å²) in [6, 6.07) is 20.6. The van der Waals surface area contributed by atoms with Crippen molar-refractivity contribution >= 4 is 23.1 Å². The summed E-state index contributed by atoms with van der Waals surface area (Å²) >= 11 is 0. The second kappa shape index (κ2) is 9.83. The molecule has 1 aliphatic heterocycles. The van der Waals surface area contributed by atoms with E-state index in [0.717, 1.165) is 22.3 Å². The van der Waals surface area contributed by atoms with Crippen LogP contribution in [0.5, 0.6) is 11.5 Å². The van der Waals surface area contributed by atoms with Crippen LogP contribution in [0, 0.1) is 13.8 Å². The monoisotopic (exact) mass is 456 g/mol. The molecule has 0 saturated carbocycles. The molecule has 1 aliphatic rings. The number of nitrogens with one attached hydrogen (secondary N) is 1. The van der Waals surface area contributed by atoms with Gasteiger partial charge in [0.25, 0.3) is 11.8 Å². The summed E-state index contributed by atoms with van der Waals surface area (Å²) in [6.45, 7) is 6.50. The van der Waals surface area contributed by atoms with Gasteiger partial charge in [-0.1, -0.05) is 48.0 Å². The smallest absolute Gasteiger partial charge is 0.278 e. The van der Waals surface area contributed by atoms with E-state index in [-0.39, 0.29) is 24.1 Å². The number of imide groups is 1. The van der Waals surface area contributed by atoms with Crippen molar-refractivity contribution in [1.29, 1.82) is 0 Å². The molecule has 0 radical (unpaired) electrons. The number of carbonyl (C=O) groups excluding carboxylic acids is 2. The number of hydrogen-bond acceptors (Lipinski definition) is 5. The van der Waals surface area contributed by atoms with Gasteiger partial charge in [0.15, 0.2) is 0 Å². The van der Waals surface area contributed by atoms with Crippen molar-refractivity contribution in [2.45, 2.75) is 27.3 Å². The minimum absolute atomic E-state index is 0.111. The lowest BCUT2D eigenvalue weighted by Gasteiger charge is -2.17. The first-order chi connectivity index (χ1) is 16.4. The van der Waals surface area contributed by atoms with Gasteiger partial charge in [0.2, 0.25) is 0 Å². The summed E-state index contributed by atoms with van der Waals surface area (Å²) in [6.07, 6.45) is 0. The molecule has 3 aromatic rings. The Labute approximate surface area is 199 Å². The summed E-state index contributed by atoms with van der Waals surface area (Å²) in [7, 11) is 1.57. The average molecular weight is 457 g/mol. The third kappa shape index (κ3) is 4.53. The van der Waals surface area contributed by atoms with Gasteiger partial charge >= 0.3 is 0 Å². The molecule has 0 bridgehead atoms. The molecule has 174 valence electrons. The molecule has 0 aromatic heterocycles. The Bertz CT molecular complexity index is 1280. The second-order valence-corrected chi connectivity index (χ2v) is 8.16. The van der Waals surface area contributed by atoms with Crippen LogP contribution in [-0.4, -0.2) is 30.4 Å². The summed E-state index contributed by atoms with van der Waals surface area (Å²) in [5.41, 5.74) is 4.78. The second-order valence-electron chi connectivity index (χ2n) is 8.16. The molecule has 0 atom stereocenters. The number of methoxy groups -OCH3 is 1. The van der Waals surface area contributed by atoms with E-state index in [1.165, 1.54) is 4.90 Å². The van der Waals surface area contributed by atoms with Crippen LogP contribution in [0.1, 0.15) is 29.2 Å². The average Bonchev–Trinajstić information content (AvgIpc) is 3.04. The van der Waals surface area contributed by atoms with Gasteiger partial charge in [-0.2, -0.15) is 0 Å². The zero-order valence-corrected chi connectivity index (χ0v) is 19.8. The van der Waals surface area contributed by atoms with Crippen molar-refractivity contribution in [3.8, 4) is 11.5 Å². The number of hydrogen-bond donors (Lipinski definition) is 1. The first kappa shape index (κ1) is 23.1. The van der Waals surface area contributed by atoms with Crippen molar-refractivity contribution in [3.63, 3.8) is 0 Å². The van der Waals surface area contributed by atoms with Gasteiger partial charge in [-0.15, -0.1) is 0 Å². The Morgan fingerprint density at radius 2 is 1.71 bits per heavy atom. The maximum Gasteiger partial charge on any atom is 0.278 e. The van der Waals surface area contributed by atoms with Crippen LogP contribution in [0.4, 0.5) is 5.69 Å². The Morgan fingerprint density at radius 3 is 2.44 bits per heavy atom. The summed E-state index contributed by atoms with van der Waals surface area (Å²) in [5, 5.41) is 3.21. The van der Waals surface area contributed by atoms with Gasteiger partial charge in [-0.3, -0.25) is 14.5 Å². The van der Waals surface area contributed by atoms with Gasteiger partial charge in [-0.05, 0) is 50.1 Å². The quantitative estimate of drug-likeness (QED) is 0.478.